The van der Waals surface area contributed by atoms with Crippen molar-refractivity contribution >= 4 is 26.7 Å². The van der Waals surface area contributed by atoms with Gasteiger partial charge in [0.2, 0.25) is 0 Å². The van der Waals surface area contributed by atoms with E-state index in [9.17, 15) is 14.3 Å². The third-order valence-electron chi connectivity index (χ3n) is 3.03. The molecule has 0 bridgehead atoms. The van der Waals surface area contributed by atoms with E-state index in [-0.39, 0.29) is 11.7 Å². The Balaban J connectivity index is 2.41. The molecule has 0 fully saturated rings. The molecule has 19 heavy (non-hydrogen) atoms. The number of nitrogens with zero attached hydrogens (tertiary/aromatic N) is 1. The van der Waals surface area contributed by atoms with Gasteiger partial charge < -0.3 is 9.67 Å². The van der Waals surface area contributed by atoms with Crippen LogP contribution < -0.4 is 5.56 Å². The molecule has 1 heterocycles. The van der Waals surface area contributed by atoms with Crippen LogP contribution >= 0.6 is 15.9 Å². The molecule has 0 saturated heterocycles. The Labute approximate surface area is 118 Å². The van der Waals surface area contributed by atoms with Crippen LogP contribution in [-0.4, -0.2) is 15.8 Å². The highest BCUT2D eigenvalue weighted by Crippen LogP contribution is 2.18. The highest BCUT2D eigenvalue weighted by Gasteiger charge is 2.08. The van der Waals surface area contributed by atoms with E-state index in [1.54, 1.807) is 23.6 Å². The van der Waals surface area contributed by atoms with Crippen molar-refractivity contribution in [2.75, 3.05) is 0 Å². The molecular formula is C14H15BrFNO2. The summed E-state index contributed by atoms with van der Waals surface area (Å²) in [5.41, 5.74) is -0.213. The first-order chi connectivity index (χ1) is 8.99. The quantitative estimate of drug-likeness (QED) is 0.877. The van der Waals surface area contributed by atoms with E-state index in [0.717, 1.165) is 0 Å². The summed E-state index contributed by atoms with van der Waals surface area (Å²) < 4.78 is 15.4. The van der Waals surface area contributed by atoms with Crippen molar-refractivity contribution in [3.05, 3.63) is 45.0 Å². The van der Waals surface area contributed by atoms with E-state index in [1.165, 1.54) is 12.1 Å². The molecule has 0 radical (unpaired) electrons. The molecule has 1 aromatic heterocycles. The summed E-state index contributed by atoms with van der Waals surface area (Å²) in [6.45, 7) is 2.21. The average molecular weight is 328 g/mol. The molecule has 5 heteroatoms. The van der Waals surface area contributed by atoms with Crippen molar-refractivity contribution in [1.29, 1.82) is 0 Å². The van der Waals surface area contributed by atoms with Crippen LogP contribution in [-0.2, 0) is 6.54 Å². The standard InChI is InChI=1S/C14H15BrFNO2/c1-9(18)3-2-6-17-13(15)7-10-4-5-11(16)8-12(10)14(17)19/h4-5,7-9,18H,2-3,6H2,1H3. The average Bonchev–Trinajstić information content (AvgIpc) is 2.34. The maximum atomic E-state index is 13.2. The number of fused-ring (bicyclic) bond motifs is 1. The van der Waals surface area contributed by atoms with E-state index in [2.05, 4.69) is 15.9 Å². The maximum absolute atomic E-state index is 13.2. The van der Waals surface area contributed by atoms with Gasteiger partial charge in [-0.1, -0.05) is 6.07 Å². The number of aliphatic hydroxyl groups is 1. The van der Waals surface area contributed by atoms with Crippen molar-refractivity contribution in [2.45, 2.75) is 32.4 Å². The van der Waals surface area contributed by atoms with Gasteiger partial charge in [-0.3, -0.25) is 4.79 Å². The molecule has 1 N–H and O–H groups in total. The number of halogens is 2. The van der Waals surface area contributed by atoms with E-state index in [4.69, 9.17) is 0 Å². The monoisotopic (exact) mass is 327 g/mol. The number of benzene rings is 1. The van der Waals surface area contributed by atoms with Gasteiger partial charge in [0, 0.05) is 6.54 Å². The fraction of sp³-hybridized carbons (Fsp3) is 0.357. The van der Waals surface area contributed by atoms with Gasteiger partial charge in [-0.15, -0.1) is 0 Å². The maximum Gasteiger partial charge on any atom is 0.259 e. The number of aromatic nitrogens is 1. The fourth-order valence-corrected chi connectivity index (χ4v) is 2.63. The van der Waals surface area contributed by atoms with E-state index >= 15 is 0 Å². The summed E-state index contributed by atoms with van der Waals surface area (Å²) in [5.74, 6) is -0.414. The Morgan fingerprint density at radius 2 is 2.16 bits per heavy atom. The molecule has 1 unspecified atom stereocenters. The van der Waals surface area contributed by atoms with Gasteiger partial charge in [0.15, 0.2) is 0 Å². The Kier molecular flexibility index (Phi) is 4.37. The normalized spacial score (nSPS) is 12.8. The fourth-order valence-electron chi connectivity index (χ4n) is 2.04. The van der Waals surface area contributed by atoms with E-state index in [1.807, 2.05) is 0 Å². The second kappa shape index (κ2) is 5.84. The molecule has 0 saturated carbocycles. The highest BCUT2D eigenvalue weighted by atomic mass is 79.9. The summed E-state index contributed by atoms with van der Waals surface area (Å²) in [6.07, 6.45) is 0.934. The predicted molar refractivity (Wildman–Crippen MR) is 76.8 cm³/mol. The number of rotatable bonds is 4. The number of pyridine rings is 1. The Morgan fingerprint density at radius 3 is 2.84 bits per heavy atom. The third-order valence-corrected chi connectivity index (χ3v) is 3.68. The van der Waals surface area contributed by atoms with Crippen LogP contribution in [0.3, 0.4) is 0 Å². The van der Waals surface area contributed by atoms with Gasteiger partial charge in [0.1, 0.15) is 5.82 Å². The lowest BCUT2D eigenvalue weighted by molar-refractivity contribution is 0.179. The molecule has 0 aliphatic rings. The SMILES string of the molecule is CC(O)CCCn1c(Br)cc2ccc(F)cc2c1=O. The molecule has 0 aliphatic carbocycles. The van der Waals surface area contributed by atoms with Gasteiger partial charge in [-0.2, -0.15) is 0 Å². The van der Waals surface area contributed by atoms with Gasteiger partial charge in [-0.25, -0.2) is 4.39 Å². The van der Waals surface area contributed by atoms with Crippen LogP contribution in [0.25, 0.3) is 10.8 Å². The van der Waals surface area contributed by atoms with Crippen LogP contribution in [0.4, 0.5) is 4.39 Å². The third kappa shape index (κ3) is 3.22. The molecule has 0 amide bonds. The number of hydrogen-bond acceptors (Lipinski definition) is 2. The summed E-state index contributed by atoms with van der Waals surface area (Å²) in [5, 5.41) is 10.3. The van der Waals surface area contributed by atoms with Crippen molar-refractivity contribution < 1.29 is 9.50 Å². The Hall–Kier alpha value is -1.20. The summed E-state index contributed by atoms with van der Waals surface area (Å²) in [4.78, 5) is 12.3. The predicted octanol–water partition coefficient (Wildman–Crippen LogP) is 3.06. The second-order valence-electron chi connectivity index (χ2n) is 4.65. The van der Waals surface area contributed by atoms with Crippen LogP contribution in [0.5, 0.6) is 0 Å². The highest BCUT2D eigenvalue weighted by molar-refractivity contribution is 9.10. The minimum absolute atomic E-state index is 0.213. The molecule has 102 valence electrons. The lowest BCUT2D eigenvalue weighted by Gasteiger charge is -2.11. The topological polar surface area (TPSA) is 42.2 Å². The smallest absolute Gasteiger partial charge is 0.259 e. The zero-order chi connectivity index (χ0) is 14.0. The summed E-state index contributed by atoms with van der Waals surface area (Å²) in [6, 6.07) is 6.00. The van der Waals surface area contributed by atoms with Crippen molar-refractivity contribution in [2.24, 2.45) is 0 Å². The zero-order valence-corrected chi connectivity index (χ0v) is 12.2. The zero-order valence-electron chi connectivity index (χ0n) is 10.6. The molecule has 0 aliphatic heterocycles. The van der Waals surface area contributed by atoms with Crippen molar-refractivity contribution in [1.82, 2.24) is 4.57 Å². The largest absolute Gasteiger partial charge is 0.393 e. The molecular weight excluding hydrogens is 313 g/mol. The van der Waals surface area contributed by atoms with Gasteiger partial charge in [0.05, 0.1) is 16.1 Å². The summed E-state index contributed by atoms with van der Waals surface area (Å²) in [7, 11) is 0. The second-order valence-corrected chi connectivity index (χ2v) is 5.46. The molecule has 1 atom stereocenters. The number of aliphatic hydroxyl groups excluding tert-OH is 1. The van der Waals surface area contributed by atoms with Crippen LogP contribution in [0, 0.1) is 5.82 Å². The molecule has 3 nitrogen and oxygen atoms in total. The Bertz CT molecular complexity index is 652. The van der Waals surface area contributed by atoms with Gasteiger partial charge in [-0.05, 0) is 59.3 Å². The van der Waals surface area contributed by atoms with Crippen LogP contribution in [0.2, 0.25) is 0 Å². The minimum atomic E-state index is -0.414. The molecule has 2 rings (SSSR count). The first-order valence-electron chi connectivity index (χ1n) is 6.15. The lowest BCUT2D eigenvalue weighted by Crippen LogP contribution is -2.21. The molecule has 0 spiro atoms. The Morgan fingerprint density at radius 1 is 1.42 bits per heavy atom. The van der Waals surface area contributed by atoms with Gasteiger partial charge >= 0.3 is 0 Å². The minimum Gasteiger partial charge on any atom is -0.393 e. The van der Waals surface area contributed by atoms with Crippen molar-refractivity contribution in [3.63, 3.8) is 0 Å². The van der Waals surface area contributed by atoms with Crippen LogP contribution in [0.15, 0.2) is 33.7 Å². The van der Waals surface area contributed by atoms with Crippen LogP contribution in [0.1, 0.15) is 19.8 Å². The van der Waals surface area contributed by atoms with Gasteiger partial charge in [0.25, 0.3) is 5.56 Å². The van der Waals surface area contributed by atoms with E-state index in [0.29, 0.717) is 34.8 Å². The molecule has 2 aromatic rings. The lowest BCUT2D eigenvalue weighted by atomic mass is 10.1. The van der Waals surface area contributed by atoms with E-state index < -0.39 is 5.82 Å². The summed E-state index contributed by atoms with van der Waals surface area (Å²) >= 11 is 3.36. The first-order valence-corrected chi connectivity index (χ1v) is 6.95. The van der Waals surface area contributed by atoms with Crippen molar-refractivity contribution in [3.8, 4) is 0 Å². The molecule has 1 aromatic carbocycles. The number of hydrogen-bond donors (Lipinski definition) is 1. The first kappa shape index (κ1) is 14.2.